The molecule has 1 unspecified atom stereocenters. The minimum atomic E-state index is -0.440. The second-order valence-electron chi connectivity index (χ2n) is 6.55. The van der Waals surface area contributed by atoms with Crippen molar-refractivity contribution in [2.75, 3.05) is 7.11 Å². The van der Waals surface area contributed by atoms with Gasteiger partial charge >= 0.3 is 5.97 Å². The zero-order chi connectivity index (χ0) is 15.6. The predicted octanol–water partition coefficient (Wildman–Crippen LogP) is 2.65. The van der Waals surface area contributed by atoms with Crippen LogP contribution in [0.2, 0.25) is 0 Å². The third-order valence-electron chi connectivity index (χ3n) is 3.97. The Morgan fingerprint density at radius 1 is 1.29 bits per heavy atom. The zero-order valence-electron chi connectivity index (χ0n) is 13.2. The number of benzene rings is 1. The molecule has 2 rings (SSSR count). The minimum Gasteiger partial charge on any atom is -0.467 e. The van der Waals surface area contributed by atoms with E-state index in [0.29, 0.717) is 19.4 Å². The molecule has 21 heavy (non-hydrogen) atoms. The molecule has 0 saturated carbocycles. The number of rotatable bonds is 3. The molecule has 1 aliphatic rings. The molecule has 1 aromatic rings. The molecule has 1 aromatic carbocycles. The van der Waals surface area contributed by atoms with Crippen molar-refractivity contribution in [3.05, 3.63) is 35.4 Å². The molecule has 1 heterocycles. The van der Waals surface area contributed by atoms with Crippen LogP contribution in [0, 0.1) is 0 Å². The van der Waals surface area contributed by atoms with Crippen LogP contribution in [0.25, 0.3) is 0 Å². The van der Waals surface area contributed by atoms with E-state index in [9.17, 15) is 9.59 Å². The molecule has 1 amide bonds. The van der Waals surface area contributed by atoms with Crippen molar-refractivity contribution in [3.63, 3.8) is 0 Å². The molecule has 4 nitrogen and oxygen atoms in total. The number of ether oxygens (including phenoxy) is 1. The Morgan fingerprint density at radius 2 is 1.90 bits per heavy atom. The van der Waals surface area contributed by atoms with Gasteiger partial charge in [-0.15, -0.1) is 0 Å². The Hall–Kier alpha value is -1.84. The van der Waals surface area contributed by atoms with E-state index < -0.39 is 6.04 Å². The number of carbonyl (C=O) groups excluding carboxylic acids is 2. The van der Waals surface area contributed by atoms with E-state index in [0.717, 1.165) is 5.56 Å². The van der Waals surface area contributed by atoms with Crippen LogP contribution >= 0.6 is 0 Å². The van der Waals surface area contributed by atoms with E-state index in [1.807, 2.05) is 12.1 Å². The minimum absolute atomic E-state index is 0.0188. The van der Waals surface area contributed by atoms with Gasteiger partial charge in [0, 0.05) is 13.0 Å². The lowest BCUT2D eigenvalue weighted by Gasteiger charge is -2.24. The molecule has 0 spiro atoms. The summed E-state index contributed by atoms with van der Waals surface area (Å²) >= 11 is 0. The summed E-state index contributed by atoms with van der Waals surface area (Å²) in [4.78, 5) is 25.3. The highest BCUT2D eigenvalue weighted by Crippen LogP contribution is 2.25. The summed E-state index contributed by atoms with van der Waals surface area (Å²) in [5, 5.41) is 0. The second-order valence-corrected chi connectivity index (χ2v) is 6.55. The summed E-state index contributed by atoms with van der Waals surface area (Å²) in [5.74, 6) is -0.308. The van der Waals surface area contributed by atoms with Crippen LogP contribution in [-0.4, -0.2) is 29.9 Å². The van der Waals surface area contributed by atoms with Crippen molar-refractivity contribution in [1.82, 2.24) is 4.90 Å². The fourth-order valence-corrected chi connectivity index (χ4v) is 2.62. The number of likely N-dealkylation sites (tertiary alicyclic amines) is 1. The molecule has 0 aliphatic carbocycles. The highest BCUT2D eigenvalue weighted by atomic mass is 16.5. The van der Waals surface area contributed by atoms with Gasteiger partial charge in [-0.05, 0) is 23.0 Å². The van der Waals surface area contributed by atoms with Crippen LogP contribution < -0.4 is 0 Å². The van der Waals surface area contributed by atoms with Gasteiger partial charge in [0.1, 0.15) is 6.04 Å². The third kappa shape index (κ3) is 3.43. The molecular formula is C17H23NO3. The summed E-state index contributed by atoms with van der Waals surface area (Å²) in [6.45, 7) is 6.96. The third-order valence-corrected chi connectivity index (χ3v) is 3.97. The van der Waals surface area contributed by atoms with E-state index in [2.05, 4.69) is 32.9 Å². The predicted molar refractivity (Wildman–Crippen MR) is 80.7 cm³/mol. The van der Waals surface area contributed by atoms with Crippen molar-refractivity contribution < 1.29 is 14.3 Å². The zero-order valence-corrected chi connectivity index (χ0v) is 13.2. The maximum atomic E-state index is 12.0. The van der Waals surface area contributed by atoms with Crippen LogP contribution in [0.3, 0.4) is 0 Å². The molecule has 1 fully saturated rings. The van der Waals surface area contributed by atoms with E-state index in [1.165, 1.54) is 12.7 Å². The largest absolute Gasteiger partial charge is 0.467 e. The summed E-state index contributed by atoms with van der Waals surface area (Å²) in [6, 6.07) is 7.79. The van der Waals surface area contributed by atoms with Gasteiger partial charge in [0.05, 0.1) is 7.11 Å². The Labute approximate surface area is 126 Å². The molecular weight excluding hydrogens is 266 g/mol. The van der Waals surface area contributed by atoms with Crippen molar-refractivity contribution in [2.24, 2.45) is 0 Å². The lowest BCUT2D eigenvalue weighted by atomic mass is 9.87. The molecule has 114 valence electrons. The maximum Gasteiger partial charge on any atom is 0.328 e. The molecule has 1 atom stereocenters. The fraction of sp³-hybridized carbons (Fsp3) is 0.529. The lowest BCUT2D eigenvalue weighted by molar-refractivity contribution is -0.149. The second kappa shape index (κ2) is 5.88. The highest BCUT2D eigenvalue weighted by Gasteiger charge is 2.36. The van der Waals surface area contributed by atoms with Crippen LogP contribution in [-0.2, 0) is 26.3 Å². The van der Waals surface area contributed by atoms with Gasteiger partial charge in [-0.3, -0.25) is 4.79 Å². The van der Waals surface area contributed by atoms with Gasteiger partial charge < -0.3 is 9.64 Å². The Kier molecular flexibility index (Phi) is 4.35. The molecule has 1 saturated heterocycles. The van der Waals surface area contributed by atoms with E-state index in [1.54, 1.807) is 4.90 Å². The molecule has 0 radical (unpaired) electrons. The first-order chi connectivity index (χ1) is 9.82. The average Bonchev–Trinajstić information content (AvgIpc) is 2.79. The first-order valence-electron chi connectivity index (χ1n) is 7.29. The Morgan fingerprint density at radius 3 is 2.43 bits per heavy atom. The summed E-state index contributed by atoms with van der Waals surface area (Å²) < 4.78 is 4.78. The lowest BCUT2D eigenvalue weighted by Crippen LogP contribution is -2.38. The van der Waals surface area contributed by atoms with Gasteiger partial charge in [0.2, 0.25) is 5.91 Å². The summed E-state index contributed by atoms with van der Waals surface area (Å²) in [5.41, 5.74) is 2.40. The van der Waals surface area contributed by atoms with Gasteiger partial charge in [0.15, 0.2) is 0 Å². The SMILES string of the molecule is COC(=O)C1CCC(=O)N1Cc1ccc(C(C)(C)C)cc1. The number of hydrogen-bond donors (Lipinski definition) is 0. The summed E-state index contributed by atoms with van der Waals surface area (Å²) in [6.07, 6.45) is 0.964. The number of methoxy groups -OCH3 is 1. The molecule has 4 heteroatoms. The van der Waals surface area contributed by atoms with Crippen LogP contribution in [0.4, 0.5) is 0 Å². The van der Waals surface area contributed by atoms with E-state index in [4.69, 9.17) is 4.74 Å². The number of esters is 1. The first kappa shape index (κ1) is 15.5. The van der Waals surface area contributed by atoms with Crippen molar-refractivity contribution in [1.29, 1.82) is 0 Å². The van der Waals surface area contributed by atoms with Gasteiger partial charge in [-0.2, -0.15) is 0 Å². The Bertz CT molecular complexity index is 528. The number of hydrogen-bond acceptors (Lipinski definition) is 3. The monoisotopic (exact) mass is 289 g/mol. The van der Waals surface area contributed by atoms with E-state index in [-0.39, 0.29) is 17.3 Å². The molecule has 0 N–H and O–H groups in total. The molecule has 1 aliphatic heterocycles. The van der Waals surface area contributed by atoms with Crippen LogP contribution in [0.1, 0.15) is 44.7 Å². The summed E-state index contributed by atoms with van der Waals surface area (Å²) in [7, 11) is 1.36. The van der Waals surface area contributed by atoms with Gasteiger partial charge in [-0.25, -0.2) is 4.79 Å². The van der Waals surface area contributed by atoms with Crippen LogP contribution in [0.15, 0.2) is 24.3 Å². The standard InChI is InChI=1S/C17H23NO3/c1-17(2,3)13-7-5-12(6-8-13)11-18-14(16(20)21-4)9-10-15(18)19/h5-8,14H,9-11H2,1-4H3. The van der Waals surface area contributed by atoms with Crippen molar-refractivity contribution >= 4 is 11.9 Å². The highest BCUT2D eigenvalue weighted by molar-refractivity contribution is 5.88. The number of amides is 1. The molecule has 0 aromatic heterocycles. The smallest absolute Gasteiger partial charge is 0.328 e. The number of nitrogens with zero attached hydrogens (tertiary/aromatic N) is 1. The normalized spacial score (nSPS) is 19.0. The van der Waals surface area contributed by atoms with Crippen molar-refractivity contribution in [3.8, 4) is 0 Å². The quantitative estimate of drug-likeness (QED) is 0.804. The Balaban J connectivity index is 2.13. The average molecular weight is 289 g/mol. The number of carbonyl (C=O) groups is 2. The van der Waals surface area contributed by atoms with E-state index >= 15 is 0 Å². The van der Waals surface area contributed by atoms with Crippen molar-refractivity contribution in [2.45, 2.75) is 51.6 Å². The topological polar surface area (TPSA) is 46.6 Å². The van der Waals surface area contributed by atoms with Crippen LogP contribution in [0.5, 0.6) is 0 Å². The fourth-order valence-electron chi connectivity index (χ4n) is 2.62. The molecule has 0 bridgehead atoms. The van der Waals surface area contributed by atoms with Gasteiger partial charge in [0.25, 0.3) is 0 Å². The first-order valence-corrected chi connectivity index (χ1v) is 7.29. The maximum absolute atomic E-state index is 12.0. The van der Waals surface area contributed by atoms with Gasteiger partial charge in [-0.1, -0.05) is 45.0 Å².